The molecule has 2 aliphatic carbocycles. The molecule has 0 aliphatic heterocycles. The highest BCUT2D eigenvalue weighted by Gasteiger charge is 2.31. The zero-order valence-corrected chi connectivity index (χ0v) is 21.2. The zero-order chi connectivity index (χ0) is 20.1. The third-order valence-electron chi connectivity index (χ3n) is 5.48. The molecule has 0 saturated heterocycles. The van der Waals surface area contributed by atoms with E-state index in [4.69, 9.17) is 4.98 Å². The number of amides is 1. The van der Waals surface area contributed by atoms with E-state index in [1.54, 1.807) is 18.4 Å². The molecule has 2 saturated carbocycles. The van der Waals surface area contributed by atoms with E-state index in [1.165, 1.54) is 0 Å². The number of thiazole rings is 1. The van der Waals surface area contributed by atoms with E-state index in [9.17, 15) is 4.79 Å². The van der Waals surface area contributed by atoms with Crippen LogP contribution < -0.4 is 16.0 Å². The fraction of sp³-hybridized carbons (Fsp3) is 0.762. The molecule has 2 fully saturated rings. The van der Waals surface area contributed by atoms with E-state index in [1.807, 2.05) is 0 Å². The van der Waals surface area contributed by atoms with Crippen molar-refractivity contribution in [1.29, 1.82) is 0 Å². The van der Waals surface area contributed by atoms with Gasteiger partial charge in [-0.05, 0) is 32.1 Å². The van der Waals surface area contributed by atoms with Crippen LogP contribution in [0.2, 0.25) is 0 Å². The predicted octanol–water partition coefficient (Wildman–Crippen LogP) is 3.60. The maximum atomic E-state index is 12.4. The van der Waals surface area contributed by atoms with E-state index in [0.717, 1.165) is 68.2 Å². The molecule has 1 aromatic heterocycles. The number of nitrogens with one attached hydrogen (secondary N) is 3. The summed E-state index contributed by atoms with van der Waals surface area (Å²) in [7, 11) is 1.80. The molecule has 1 heterocycles. The summed E-state index contributed by atoms with van der Waals surface area (Å²) in [6, 6.07) is 0.752. The number of carbonyl (C=O) groups excluding carboxylic acids is 1. The van der Waals surface area contributed by atoms with Crippen LogP contribution in [0.15, 0.2) is 10.4 Å². The van der Waals surface area contributed by atoms with Crippen LogP contribution in [0.3, 0.4) is 0 Å². The lowest BCUT2D eigenvalue weighted by atomic mass is 9.85. The van der Waals surface area contributed by atoms with Gasteiger partial charge in [0, 0.05) is 48.8 Å². The Balaban J connectivity index is 0.00000300. The molecule has 2 aliphatic rings. The molecule has 164 valence electrons. The molecule has 1 amide bonds. The highest BCUT2D eigenvalue weighted by molar-refractivity contribution is 14.0. The Hall–Kier alpha value is -0.900. The number of rotatable bonds is 6. The van der Waals surface area contributed by atoms with Gasteiger partial charge in [0.25, 0.3) is 0 Å². The van der Waals surface area contributed by atoms with Gasteiger partial charge < -0.3 is 16.0 Å². The van der Waals surface area contributed by atoms with Crippen molar-refractivity contribution in [3.63, 3.8) is 0 Å². The molecule has 0 radical (unpaired) electrons. The Labute approximate surface area is 196 Å². The molecular formula is C21H36IN5OS. The first-order chi connectivity index (χ1) is 13.3. The van der Waals surface area contributed by atoms with Crippen molar-refractivity contribution >= 4 is 47.2 Å². The largest absolute Gasteiger partial charge is 0.356 e. The van der Waals surface area contributed by atoms with Crippen molar-refractivity contribution in [1.82, 2.24) is 20.9 Å². The third kappa shape index (κ3) is 7.70. The van der Waals surface area contributed by atoms with Crippen molar-refractivity contribution in [2.45, 2.75) is 83.2 Å². The first-order valence-electron chi connectivity index (χ1n) is 10.6. The van der Waals surface area contributed by atoms with Gasteiger partial charge in [-0.1, -0.05) is 27.2 Å². The summed E-state index contributed by atoms with van der Waals surface area (Å²) in [4.78, 5) is 21.5. The minimum absolute atomic E-state index is 0. The van der Waals surface area contributed by atoms with E-state index < -0.39 is 0 Å². The minimum atomic E-state index is 0. The average molecular weight is 534 g/mol. The van der Waals surface area contributed by atoms with Crippen molar-refractivity contribution in [2.75, 3.05) is 13.6 Å². The van der Waals surface area contributed by atoms with Gasteiger partial charge >= 0.3 is 0 Å². The highest BCUT2D eigenvalue weighted by Crippen LogP contribution is 2.27. The van der Waals surface area contributed by atoms with Crippen molar-refractivity contribution < 1.29 is 4.79 Å². The van der Waals surface area contributed by atoms with Gasteiger partial charge in [-0.3, -0.25) is 9.79 Å². The lowest BCUT2D eigenvalue weighted by Gasteiger charge is -2.30. The second kappa shape index (κ2) is 10.9. The Morgan fingerprint density at radius 1 is 1.21 bits per heavy atom. The maximum Gasteiger partial charge on any atom is 0.223 e. The van der Waals surface area contributed by atoms with Gasteiger partial charge in [-0.25, -0.2) is 4.98 Å². The first-order valence-corrected chi connectivity index (χ1v) is 11.5. The van der Waals surface area contributed by atoms with Gasteiger partial charge in [0.2, 0.25) is 5.91 Å². The number of nitrogens with zero attached hydrogens (tertiary/aromatic N) is 2. The van der Waals surface area contributed by atoms with E-state index in [-0.39, 0.29) is 41.2 Å². The standard InChI is InChI=1S/C21H35N5OS.HI/c1-21(2,3)17-13-28-18(26-17)10-11-23-20(22-4)25-16-7-5-6-14(12-16)19(27)24-15-8-9-15;/h13-16H,5-12H2,1-4H3,(H,24,27)(H2,22,23,25);1H. The second-order valence-corrected chi connectivity index (χ2v) is 10.1. The van der Waals surface area contributed by atoms with Crippen LogP contribution in [-0.4, -0.2) is 42.5 Å². The lowest BCUT2D eigenvalue weighted by molar-refractivity contribution is -0.126. The Morgan fingerprint density at radius 3 is 2.59 bits per heavy atom. The van der Waals surface area contributed by atoms with Crippen molar-refractivity contribution in [3.8, 4) is 0 Å². The van der Waals surface area contributed by atoms with Crippen LogP contribution in [-0.2, 0) is 16.6 Å². The number of guanidine groups is 1. The van der Waals surface area contributed by atoms with Crippen LogP contribution in [0.25, 0.3) is 0 Å². The highest BCUT2D eigenvalue weighted by atomic mass is 127. The average Bonchev–Trinajstić information content (AvgIpc) is 3.33. The number of aromatic nitrogens is 1. The summed E-state index contributed by atoms with van der Waals surface area (Å²) in [5.41, 5.74) is 1.26. The Bertz CT molecular complexity index is 695. The molecule has 3 rings (SSSR count). The van der Waals surface area contributed by atoms with E-state index in [2.05, 4.69) is 47.1 Å². The van der Waals surface area contributed by atoms with Crippen molar-refractivity contribution in [2.24, 2.45) is 10.9 Å². The number of carbonyl (C=O) groups is 1. The van der Waals surface area contributed by atoms with Crippen LogP contribution in [0, 0.1) is 5.92 Å². The number of aliphatic imine (C=N–C) groups is 1. The molecule has 0 aromatic carbocycles. The van der Waals surface area contributed by atoms with Crippen LogP contribution in [0.5, 0.6) is 0 Å². The molecule has 0 spiro atoms. The van der Waals surface area contributed by atoms with E-state index >= 15 is 0 Å². The molecule has 2 unspecified atom stereocenters. The van der Waals surface area contributed by atoms with Crippen molar-refractivity contribution in [3.05, 3.63) is 16.1 Å². The predicted molar refractivity (Wildman–Crippen MR) is 131 cm³/mol. The monoisotopic (exact) mass is 533 g/mol. The van der Waals surface area contributed by atoms with Crippen LogP contribution in [0.4, 0.5) is 0 Å². The fourth-order valence-electron chi connectivity index (χ4n) is 3.55. The summed E-state index contributed by atoms with van der Waals surface area (Å²) in [6.07, 6.45) is 7.25. The molecule has 1 aromatic rings. The van der Waals surface area contributed by atoms with Gasteiger partial charge in [0.15, 0.2) is 5.96 Å². The molecule has 3 N–H and O–H groups in total. The second-order valence-electron chi connectivity index (χ2n) is 9.11. The Morgan fingerprint density at radius 2 is 1.97 bits per heavy atom. The number of hydrogen-bond donors (Lipinski definition) is 3. The summed E-state index contributed by atoms with van der Waals surface area (Å²) in [6.45, 7) is 7.38. The molecule has 29 heavy (non-hydrogen) atoms. The summed E-state index contributed by atoms with van der Waals surface area (Å²) < 4.78 is 0. The third-order valence-corrected chi connectivity index (χ3v) is 6.39. The van der Waals surface area contributed by atoms with Gasteiger partial charge in [0.1, 0.15) is 0 Å². The van der Waals surface area contributed by atoms with Gasteiger partial charge in [-0.15, -0.1) is 35.3 Å². The Kier molecular flexibility index (Phi) is 9.18. The lowest BCUT2D eigenvalue weighted by Crippen LogP contribution is -2.47. The van der Waals surface area contributed by atoms with Gasteiger partial charge in [0.05, 0.1) is 10.7 Å². The van der Waals surface area contributed by atoms with Gasteiger partial charge in [-0.2, -0.15) is 0 Å². The van der Waals surface area contributed by atoms with Crippen LogP contribution in [0.1, 0.15) is 70.0 Å². The van der Waals surface area contributed by atoms with Crippen LogP contribution >= 0.6 is 35.3 Å². The molecular weight excluding hydrogens is 497 g/mol. The summed E-state index contributed by atoms with van der Waals surface area (Å²) in [5.74, 6) is 1.20. The fourth-order valence-corrected chi connectivity index (χ4v) is 4.58. The zero-order valence-electron chi connectivity index (χ0n) is 18.1. The number of halogens is 1. The summed E-state index contributed by atoms with van der Waals surface area (Å²) >= 11 is 1.73. The smallest absolute Gasteiger partial charge is 0.223 e. The maximum absolute atomic E-state index is 12.4. The SMILES string of the molecule is CN=C(NCCc1nc(C(C)(C)C)cs1)NC1CCCC(C(=O)NC2CC2)C1.I. The summed E-state index contributed by atoms with van der Waals surface area (Å²) in [5, 5.41) is 13.4. The molecule has 2 atom stereocenters. The normalized spacial score (nSPS) is 22.6. The quantitative estimate of drug-likeness (QED) is 0.297. The topological polar surface area (TPSA) is 78.4 Å². The first kappa shape index (κ1) is 24.4. The van der Waals surface area contributed by atoms with E-state index in [0.29, 0.717) is 12.1 Å². The number of hydrogen-bond acceptors (Lipinski definition) is 4. The molecule has 0 bridgehead atoms. The molecule has 6 nitrogen and oxygen atoms in total. The molecule has 8 heteroatoms. The minimum Gasteiger partial charge on any atom is -0.356 e.